The molecule has 0 aliphatic carbocycles. The van der Waals surface area contributed by atoms with Crippen molar-refractivity contribution in [2.75, 3.05) is 19.4 Å². The first-order chi connectivity index (χ1) is 6.69. The molecule has 0 aliphatic heterocycles. The van der Waals surface area contributed by atoms with Crippen LogP contribution in [0, 0.1) is 0 Å². The molecule has 14 heavy (non-hydrogen) atoms. The van der Waals surface area contributed by atoms with Crippen molar-refractivity contribution in [3.8, 4) is 0 Å². The van der Waals surface area contributed by atoms with Crippen LogP contribution >= 0.6 is 0 Å². The predicted molar refractivity (Wildman–Crippen MR) is 49.9 cm³/mol. The second-order valence-electron chi connectivity index (χ2n) is 2.48. The summed E-state index contributed by atoms with van der Waals surface area (Å²) in [6, 6.07) is 6.24. The Morgan fingerprint density at radius 2 is 2.00 bits per heavy atom. The van der Waals surface area contributed by atoms with E-state index in [1.807, 2.05) is 0 Å². The Kier molecular flexibility index (Phi) is 3.44. The lowest BCUT2D eigenvalue weighted by atomic mass is 10.2. The van der Waals surface area contributed by atoms with E-state index in [1.54, 1.807) is 12.1 Å². The summed E-state index contributed by atoms with van der Waals surface area (Å²) in [6.45, 7) is 0. The maximum absolute atomic E-state index is 10.7. The van der Waals surface area contributed by atoms with Gasteiger partial charge in [0, 0.05) is 0 Å². The van der Waals surface area contributed by atoms with Crippen molar-refractivity contribution in [2.24, 2.45) is 0 Å². The Bertz CT molecular complexity index is 322. The minimum absolute atomic E-state index is 0.182. The third-order valence-corrected chi connectivity index (χ3v) is 1.64. The Labute approximate surface area is 81.4 Å². The molecule has 0 radical (unpaired) electrons. The molecule has 5 nitrogen and oxygen atoms in total. The first-order valence-electron chi connectivity index (χ1n) is 3.90. The van der Waals surface area contributed by atoms with E-state index in [1.165, 1.54) is 26.4 Å². The molecule has 0 bridgehead atoms. The zero-order chi connectivity index (χ0) is 10.6. The summed E-state index contributed by atoms with van der Waals surface area (Å²) >= 11 is 0. The number of carboxylic acids is 1. The Morgan fingerprint density at radius 3 is 2.50 bits per heavy atom. The summed E-state index contributed by atoms with van der Waals surface area (Å²) in [7, 11) is 2.86. The van der Waals surface area contributed by atoms with Gasteiger partial charge >= 0.3 is 5.97 Å². The number of benzene rings is 1. The van der Waals surface area contributed by atoms with Crippen LogP contribution in [-0.2, 0) is 9.68 Å². The second-order valence-corrected chi connectivity index (χ2v) is 2.48. The van der Waals surface area contributed by atoms with Crippen LogP contribution in [0.15, 0.2) is 24.3 Å². The van der Waals surface area contributed by atoms with Gasteiger partial charge in [-0.05, 0) is 18.2 Å². The number of hydrogen-bond donors (Lipinski definition) is 1. The number of aromatic carboxylic acids is 1. The highest BCUT2D eigenvalue weighted by atomic mass is 16.9. The molecule has 1 aromatic carbocycles. The number of hydrogen-bond acceptors (Lipinski definition) is 4. The molecule has 0 fully saturated rings. The molecule has 0 saturated heterocycles. The molecule has 0 saturated carbocycles. The van der Waals surface area contributed by atoms with Gasteiger partial charge in [-0.15, -0.1) is 5.23 Å². The van der Waals surface area contributed by atoms with Crippen LogP contribution in [-0.4, -0.2) is 25.3 Å². The van der Waals surface area contributed by atoms with E-state index in [9.17, 15) is 4.79 Å². The fourth-order valence-corrected chi connectivity index (χ4v) is 1.04. The highest BCUT2D eigenvalue weighted by Gasteiger charge is 2.08. The third-order valence-electron chi connectivity index (χ3n) is 1.64. The lowest BCUT2D eigenvalue weighted by Crippen LogP contribution is -2.19. The first-order valence-corrected chi connectivity index (χ1v) is 3.90. The van der Waals surface area contributed by atoms with Crippen molar-refractivity contribution in [1.29, 1.82) is 0 Å². The molecule has 1 N–H and O–H groups in total. The van der Waals surface area contributed by atoms with Crippen LogP contribution in [0.5, 0.6) is 0 Å². The van der Waals surface area contributed by atoms with Crippen LogP contribution in [0.1, 0.15) is 10.4 Å². The zero-order valence-corrected chi connectivity index (χ0v) is 7.93. The van der Waals surface area contributed by atoms with Gasteiger partial charge in [0.25, 0.3) is 0 Å². The van der Waals surface area contributed by atoms with Gasteiger partial charge in [-0.2, -0.15) is 0 Å². The molecule has 76 valence electrons. The van der Waals surface area contributed by atoms with E-state index in [2.05, 4.69) is 0 Å². The fourth-order valence-electron chi connectivity index (χ4n) is 1.04. The largest absolute Gasteiger partial charge is 0.478 e. The van der Waals surface area contributed by atoms with Crippen molar-refractivity contribution in [1.82, 2.24) is 0 Å². The van der Waals surface area contributed by atoms with Gasteiger partial charge in [0.05, 0.1) is 25.5 Å². The van der Waals surface area contributed by atoms with Crippen molar-refractivity contribution in [3.63, 3.8) is 0 Å². The second kappa shape index (κ2) is 4.59. The van der Waals surface area contributed by atoms with Gasteiger partial charge in [0.15, 0.2) is 0 Å². The van der Waals surface area contributed by atoms with E-state index < -0.39 is 5.97 Å². The van der Waals surface area contributed by atoms with Crippen molar-refractivity contribution in [3.05, 3.63) is 29.8 Å². The van der Waals surface area contributed by atoms with Crippen LogP contribution in [0.4, 0.5) is 5.69 Å². The van der Waals surface area contributed by atoms with Crippen molar-refractivity contribution >= 4 is 11.7 Å². The number of rotatable bonds is 4. The summed E-state index contributed by atoms with van der Waals surface area (Å²) in [4.78, 5) is 20.3. The van der Waals surface area contributed by atoms with Gasteiger partial charge in [0.2, 0.25) is 0 Å². The molecule has 0 spiro atoms. The van der Waals surface area contributed by atoms with Gasteiger partial charge in [0.1, 0.15) is 0 Å². The molecule has 0 unspecified atom stereocenters. The fraction of sp³-hybridized carbons (Fsp3) is 0.222. The smallest absolute Gasteiger partial charge is 0.335 e. The topological polar surface area (TPSA) is 59.0 Å². The van der Waals surface area contributed by atoms with Crippen LogP contribution in [0.2, 0.25) is 0 Å². The Morgan fingerprint density at radius 1 is 1.36 bits per heavy atom. The molecule has 0 amide bonds. The minimum Gasteiger partial charge on any atom is -0.478 e. The molecular formula is C9H11NO4. The lowest BCUT2D eigenvalue weighted by Gasteiger charge is -2.17. The van der Waals surface area contributed by atoms with E-state index >= 15 is 0 Å². The van der Waals surface area contributed by atoms with E-state index in [0.29, 0.717) is 5.69 Å². The van der Waals surface area contributed by atoms with Crippen molar-refractivity contribution in [2.45, 2.75) is 0 Å². The highest BCUT2D eigenvalue weighted by molar-refractivity contribution is 5.88. The molecule has 5 heteroatoms. The molecule has 0 heterocycles. The van der Waals surface area contributed by atoms with Crippen LogP contribution < -0.4 is 5.23 Å². The normalized spacial score (nSPS) is 9.86. The van der Waals surface area contributed by atoms with Gasteiger partial charge in [-0.3, -0.25) is 9.68 Å². The third kappa shape index (κ3) is 2.21. The average molecular weight is 197 g/mol. The number of carbonyl (C=O) groups is 1. The Hall–Kier alpha value is -1.59. The van der Waals surface area contributed by atoms with Crippen molar-refractivity contribution < 1.29 is 19.6 Å². The van der Waals surface area contributed by atoms with E-state index in [-0.39, 0.29) is 5.56 Å². The van der Waals surface area contributed by atoms with Gasteiger partial charge in [-0.25, -0.2) is 4.79 Å². The summed E-state index contributed by atoms with van der Waals surface area (Å²) < 4.78 is 0. The zero-order valence-electron chi connectivity index (χ0n) is 7.93. The van der Waals surface area contributed by atoms with E-state index in [0.717, 1.165) is 5.23 Å². The van der Waals surface area contributed by atoms with Crippen LogP contribution in [0.3, 0.4) is 0 Å². The summed E-state index contributed by atoms with van der Waals surface area (Å²) in [5, 5.41) is 9.85. The van der Waals surface area contributed by atoms with E-state index in [4.69, 9.17) is 14.8 Å². The maximum Gasteiger partial charge on any atom is 0.335 e. The lowest BCUT2D eigenvalue weighted by molar-refractivity contribution is -0.0433. The average Bonchev–Trinajstić information content (AvgIpc) is 2.20. The first kappa shape index (κ1) is 10.5. The van der Waals surface area contributed by atoms with Crippen LogP contribution in [0.25, 0.3) is 0 Å². The molecule has 0 atom stereocenters. The SMILES string of the molecule is CON(OC)c1cccc(C(=O)O)c1. The standard InChI is InChI=1S/C9H11NO4/c1-13-10(14-2)8-5-3-4-7(6-8)9(11)12/h3-6H,1-2H3,(H,11,12). The minimum atomic E-state index is -0.987. The molecular weight excluding hydrogens is 186 g/mol. The highest BCUT2D eigenvalue weighted by Crippen LogP contribution is 2.16. The molecule has 1 aromatic rings. The van der Waals surface area contributed by atoms with Gasteiger partial charge in [-0.1, -0.05) is 6.07 Å². The molecule has 0 aromatic heterocycles. The predicted octanol–water partition coefficient (Wildman–Crippen LogP) is 1.31. The number of nitrogens with zero attached hydrogens (tertiary/aromatic N) is 1. The number of carboxylic acid groups (broad SMARTS) is 1. The summed E-state index contributed by atoms with van der Waals surface area (Å²) in [6.07, 6.45) is 0. The molecule has 1 rings (SSSR count). The summed E-state index contributed by atoms with van der Waals surface area (Å²) in [5.41, 5.74) is 0.705. The quantitative estimate of drug-likeness (QED) is 0.737. The monoisotopic (exact) mass is 197 g/mol. The maximum atomic E-state index is 10.7. The number of anilines is 1. The Balaban J connectivity index is 2.98. The summed E-state index contributed by atoms with van der Waals surface area (Å²) in [5.74, 6) is -0.987. The molecule has 0 aliphatic rings. The van der Waals surface area contributed by atoms with Gasteiger partial charge < -0.3 is 5.11 Å².